The van der Waals surface area contributed by atoms with Gasteiger partial charge in [0, 0.05) is 31.7 Å². The maximum atomic E-state index is 12.1. The van der Waals surface area contributed by atoms with Crippen molar-refractivity contribution in [3.05, 3.63) is 35.4 Å². The number of guanidine groups is 1. The fourth-order valence-electron chi connectivity index (χ4n) is 4.49. The largest absolute Gasteiger partial charge is 0.357 e. The van der Waals surface area contributed by atoms with Crippen LogP contribution >= 0.6 is 24.0 Å². The van der Waals surface area contributed by atoms with E-state index in [0.29, 0.717) is 24.1 Å². The van der Waals surface area contributed by atoms with Crippen LogP contribution in [-0.2, 0) is 6.54 Å². The number of hydrogen-bond donors (Lipinski definition) is 2. The second-order valence-electron chi connectivity index (χ2n) is 7.96. The van der Waals surface area contributed by atoms with Crippen LogP contribution in [0.2, 0.25) is 0 Å². The smallest absolute Gasteiger partial charge is 0.251 e. The predicted molar refractivity (Wildman–Crippen MR) is 126 cm³/mol. The van der Waals surface area contributed by atoms with Crippen molar-refractivity contribution < 1.29 is 4.79 Å². The van der Waals surface area contributed by atoms with Crippen LogP contribution in [0, 0.1) is 5.41 Å². The van der Waals surface area contributed by atoms with Gasteiger partial charge < -0.3 is 15.5 Å². The second kappa shape index (κ2) is 11.0. The van der Waals surface area contributed by atoms with E-state index in [9.17, 15) is 4.79 Å². The number of nitrogens with one attached hydrogen (secondary N) is 2. The first-order chi connectivity index (χ1) is 13.2. The van der Waals surface area contributed by atoms with Gasteiger partial charge in [-0.15, -0.1) is 24.0 Å². The molecule has 1 heterocycles. The second-order valence-corrected chi connectivity index (χ2v) is 7.96. The van der Waals surface area contributed by atoms with Crippen molar-refractivity contribution in [1.29, 1.82) is 0 Å². The maximum Gasteiger partial charge on any atom is 0.251 e. The number of aliphatic imine (C=N–C) groups is 1. The van der Waals surface area contributed by atoms with Crippen molar-refractivity contribution in [3.8, 4) is 0 Å². The van der Waals surface area contributed by atoms with E-state index in [0.717, 1.165) is 31.2 Å². The summed E-state index contributed by atoms with van der Waals surface area (Å²) in [6.45, 7) is 8.41. The number of likely N-dealkylation sites (tertiary alicyclic amines) is 1. The highest BCUT2D eigenvalue weighted by Crippen LogP contribution is 2.43. The minimum absolute atomic E-state index is 0. The van der Waals surface area contributed by atoms with E-state index < -0.39 is 0 Å². The number of rotatable bonds is 5. The van der Waals surface area contributed by atoms with Crippen LogP contribution in [0.15, 0.2) is 29.3 Å². The van der Waals surface area contributed by atoms with E-state index in [1.165, 1.54) is 38.5 Å². The molecule has 1 amide bonds. The summed E-state index contributed by atoms with van der Waals surface area (Å²) >= 11 is 0. The number of amides is 1. The molecule has 1 spiro atoms. The van der Waals surface area contributed by atoms with E-state index in [-0.39, 0.29) is 29.9 Å². The lowest BCUT2D eigenvalue weighted by Gasteiger charge is -2.33. The zero-order valence-electron chi connectivity index (χ0n) is 17.3. The lowest BCUT2D eigenvalue weighted by atomic mass is 9.73. The van der Waals surface area contributed by atoms with Crippen molar-refractivity contribution in [2.45, 2.75) is 58.9 Å². The van der Waals surface area contributed by atoms with Crippen LogP contribution in [0.1, 0.15) is 68.3 Å². The van der Waals surface area contributed by atoms with Gasteiger partial charge in [-0.25, -0.2) is 4.99 Å². The monoisotopic (exact) mass is 498 g/mol. The SMILES string of the molecule is CCNC(=O)c1cccc(CN=C(NCC)N2CCC3(CCCCC3)C2)c1.I. The molecule has 5 nitrogen and oxygen atoms in total. The summed E-state index contributed by atoms with van der Waals surface area (Å²) in [5.41, 5.74) is 2.30. The highest BCUT2D eigenvalue weighted by atomic mass is 127. The number of carbonyl (C=O) groups excluding carboxylic acids is 1. The third kappa shape index (κ3) is 5.84. The molecule has 6 heteroatoms. The van der Waals surface area contributed by atoms with E-state index in [2.05, 4.69) is 22.5 Å². The lowest BCUT2D eigenvalue weighted by Crippen LogP contribution is -2.41. The summed E-state index contributed by atoms with van der Waals surface area (Å²) in [5, 5.41) is 6.33. The van der Waals surface area contributed by atoms with Gasteiger partial charge in [-0.1, -0.05) is 31.4 Å². The average molecular weight is 498 g/mol. The highest BCUT2D eigenvalue weighted by Gasteiger charge is 2.39. The van der Waals surface area contributed by atoms with Crippen LogP contribution < -0.4 is 10.6 Å². The van der Waals surface area contributed by atoms with Crippen molar-refractivity contribution in [2.24, 2.45) is 10.4 Å². The topological polar surface area (TPSA) is 56.7 Å². The first-order valence-electron chi connectivity index (χ1n) is 10.6. The van der Waals surface area contributed by atoms with E-state index in [1.54, 1.807) is 0 Å². The molecule has 1 aromatic rings. The first kappa shape index (κ1) is 23.0. The fraction of sp³-hybridized carbons (Fsp3) is 0.636. The Kier molecular flexibility index (Phi) is 9.05. The number of nitrogens with zero attached hydrogens (tertiary/aromatic N) is 2. The minimum atomic E-state index is -0.0194. The molecule has 0 bridgehead atoms. The van der Waals surface area contributed by atoms with Gasteiger partial charge in [-0.05, 0) is 56.2 Å². The van der Waals surface area contributed by atoms with Crippen molar-refractivity contribution in [2.75, 3.05) is 26.2 Å². The van der Waals surface area contributed by atoms with Gasteiger partial charge in [0.15, 0.2) is 5.96 Å². The summed E-state index contributed by atoms with van der Waals surface area (Å²) in [6, 6.07) is 7.79. The zero-order chi connectivity index (χ0) is 19.1. The van der Waals surface area contributed by atoms with Crippen molar-refractivity contribution in [3.63, 3.8) is 0 Å². The summed E-state index contributed by atoms with van der Waals surface area (Å²) in [6.07, 6.45) is 8.21. The molecule has 0 unspecified atom stereocenters. The molecule has 28 heavy (non-hydrogen) atoms. The summed E-state index contributed by atoms with van der Waals surface area (Å²) < 4.78 is 0. The number of hydrogen-bond acceptors (Lipinski definition) is 2. The number of benzene rings is 1. The molecular formula is C22H35IN4O. The third-order valence-electron chi connectivity index (χ3n) is 5.92. The van der Waals surface area contributed by atoms with Gasteiger partial charge in [-0.3, -0.25) is 4.79 Å². The molecule has 2 fully saturated rings. The molecule has 0 radical (unpaired) electrons. The molecule has 2 N–H and O–H groups in total. The van der Waals surface area contributed by atoms with Crippen LogP contribution in [0.4, 0.5) is 0 Å². The summed E-state index contributed by atoms with van der Waals surface area (Å²) in [7, 11) is 0. The summed E-state index contributed by atoms with van der Waals surface area (Å²) in [5.74, 6) is 0.998. The Morgan fingerprint density at radius 2 is 1.86 bits per heavy atom. The number of halogens is 1. The van der Waals surface area contributed by atoms with Gasteiger partial charge in [0.2, 0.25) is 0 Å². The van der Waals surface area contributed by atoms with Crippen LogP contribution in [0.25, 0.3) is 0 Å². The molecule has 1 aliphatic heterocycles. The summed E-state index contributed by atoms with van der Waals surface area (Å²) in [4.78, 5) is 19.4. The Morgan fingerprint density at radius 1 is 1.11 bits per heavy atom. The van der Waals surface area contributed by atoms with E-state index in [1.807, 2.05) is 31.2 Å². The Balaban J connectivity index is 0.00000280. The Bertz CT molecular complexity index is 670. The highest BCUT2D eigenvalue weighted by molar-refractivity contribution is 14.0. The van der Waals surface area contributed by atoms with Gasteiger partial charge in [0.05, 0.1) is 6.54 Å². The van der Waals surface area contributed by atoms with E-state index >= 15 is 0 Å². The van der Waals surface area contributed by atoms with Crippen LogP contribution in [0.3, 0.4) is 0 Å². The van der Waals surface area contributed by atoms with Gasteiger partial charge in [0.25, 0.3) is 5.91 Å². The molecule has 2 aliphatic rings. The van der Waals surface area contributed by atoms with Crippen LogP contribution in [0.5, 0.6) is 0 Å². The molecular weight excluding hydrogens is 463 g/mol. The van der Waals surface area contributed by atoms with Crippen molar-refractivity contribution in [1.82, 2.24) is 15.5 Å². The molecule has 1 aliphatic carbocycles. The van der Waals surface area contributed by atoms with Gasteiger partial charge >= 0.3 is 0 Å². The molecule has 1 aromatic carbocycles. The Labute approximate surface area is 186 Å². The fourth-order valence-corrected chi connectivity index (χ4v) is 4.49. The molecule has 0 atom stereocenters. The maximum absolute atomic E-state index is 12.1. The molecule has 0 aromatic heterocycles. The van der Waals surface area contributed by atoms with Crippen LogP contribution in [-0.4, -0.2) is 42.9 Å². The predicted octanol–water partition coefficient (Wildman–Crippen LogP) is 4.18. The minimum Gasteiger partial charge on any atom is -0.357 e. The Morgan fingerprint density at radius 3 is 2.57 bits per heavy atom. The quantitative estimate of drug-likeness (QED) is 0.364. The van der Waals surface area contributed by atoms with Gasteiger partial charge in [0.1, 0.15) is 0 Å². The lowest BCUT2D eigenvalue weighted by molar-refractivity contribution is 0.0955. The molecule has 1 saturated heterocycles. The average Bonchev–Trinajstić information content (AvgIpc) is 3.09. The Hall–Kier alpha value is -1.31. The molecule has 156 valence electrons. The van der Waals surface area contributed by atoms with Crippen molar-refractivity contribution >= 4 is 35.8 Å². The first-order valence-corrected chi connectivity index (χ1v) is 10.6. The van der Waals surface area contributed by atoms with E-state index in [4.69, 9.17) is 4.99 Å². The molecule has 1 saturated carbocycles. The normalized spacial score (nSPS) is 18.6. The standard InChI is InChI=1S/C22H34N4O.HI/c1-3-23-20(27)19-10-8-9-18(15-19)16-25-21(24-4-2)26-14-13-22(17-26)11-6-5-7-12-22;/h8-10,15H,3-7,11-14,16-17H2,1-2H3,(H,23,27)(H,24,25);1H. The molecule has 3 rings (SSSR count). The third-order valence-corrected chi connectivity index (χ3v) is 5.92. The zero-order valence-corrected chi connectivity index (χ0v) is 19.6. The van der Waals surface area contributed by atoms with Gasteiger partial charge in [-0.2, -0.15) is 0 Å². The number of carbonyl (C=O) groups is 1.